The zero-order chi connectivity index (χ0) is 17.4. The van der Waals surface area contributed by atoms with Crippen LogP contribution >= 0.6 is 12.2 Å². The summed E-state index contributed by atoms with van der Waals surface area (Å²) in [6, 6.07) is 5.26. The van der Waals surface area contributed by atoms with Gasteiger partial charge in [0, 0.05) is 11.7 Å². The second kappa shape index (κ2) is 10.0. The van der Waals surface area contributed by atoms with Gasteiger partial charge in [0.1, 0.15) is 0 Å². The van der Waals surface area contributed by atoms with Crippen LogP contribution in [0.15, 0.2) is 12.1 Å². The summed E-state index contributed by atoms with van der Waals surface area (Å²) >= 11 is 5.64. The van der Waals surface area contributed by atoms with Crippen molar-refractivity contribution in [2.45, 2.75) is 91.0 Å². The molecule has 2 rings (SSSR count). The van der Waals surface area contributed by atoms with Gasteiger partial charge >= 0.3 is 0 Å². The van der Waals surface area contributed by atoms with E-state index in [2.05, 4.69) is 43.5 Å². The molecule has 3 heteroatoms. The average molecular weight is 347 g/mol. The highest BCUT2D eigenvalue weighted by molar-refractivity contribution is 7.80. The molecule has 0 aromatic heterocycles. The number of thiocarbonyl (C=S) groups is 1. The third-order valence-corrected chi connectivity index (χ3v) is 5.31. The lowest BCUT2D eigenvalue weighted by Gasteiger charge is -2.22. The number of anilines is 1. The summed E-state index contributed by atoms with van der Waals surface area (Å²) in [6.45, 7) is 6.71. The minimum atomic E-state index is 0.544. The molecule has 0 saturated heterocycles. The number of rotatable bonds is 6. The zero-order valence-electron chi connectivity index (χ0n) is 15.7. The highest BCUT2D eigenvalue weighted by atomic mass is 32.1. The molecule has 1 fully saturated rings. The maximum absolute atomic E-state index is 5.64. The van der Waals surface area contributed by atoms with Gasteiger partial charge in [-0.2, -0.15) is 0 Å². The van der Waals surface area contributed by atoms with E-state index >= 15 is 0 Å². The monoisotopic (exact) mass is 346 g/mol. The molecule has 0 bridgehead atoms. The van der Waals surface area contributed by atoms with Crippen LogP contribution in [-0.2, 0) is 19.3 Å². The molecule has 2 nitrogen and oxygen atoms in total. The Kier molecular flexibility index (Phi) is 8.04. The maximum Gasteiger partial charge on any atom is 0.171 e. The molecule has 0 spiro atoms. The van der Waals surface area contributed by atoms with Gasteiger partial charge in [-0.3, -0.25) is 0 Å². The van der Waals surface area contributed by atoms with Crippen LogP contribution in [0.5, 0.6) is 0 Å². The molecule has 0 unspecified atom stereocenters. The van der Waals surface area contributed by atoms with Gasteiger partial charge in [-0.1, -0.05) is 65.0 Å². The van der Waals surface area contributed by atoms with Crippen LogP contribution < -0.4 is 10.6 Å². The van der Waals surface area contributed by atoms with Crippen molar-refractivity contribution in [1.29, 1.82) is 0 Å². The molecule has 0 amide bonds. The van der Waals surface area contributed by atoms with Crippen LogP contribution in [0.3, 0.4) is 0 Å². The fourth-order valence-electron chi connectivity index (χ4n) is 3.75. The largest absolute Gasteiger partial charge is 0.360 e. The first-order valence-corrected chi connectivity index (χ1v) is 10.3. The lowest BCUT2D eigenvalue weighted by molar-refractivity contribution is 0.535. The van der Waals surface area contributed by atoms with Gasteiger partial charge in [0.15, 0.2) is 5.11 Å². The molecule has 0 aliphatic heterocycles. The van der Waals surface area contributed by atoms with Gasteiger partial charge in [-0.15, -0.1) is 0 Å². The third-order valence-electron chi connectivity index (χ3n) is 5.09. The molecule has 24 heavy (non-hydrogen) atoms. The normalized spacial score (nSPS) is 15.8. The van der Waals surface area contributed by atoms with E-state index in [1.807, 2.05) is 0 Å². The Bertz CT molecular complexity index is 506. The predicted octanol–water partition coefficient (Wildman–Crippen LogP) is 5.77. The van der Waals surface area contributed by atoms with Crippen molar-refractivity contribution >= 4 is 23.0 Å². The van der Waals surface area contributed by atoms with Crippen LogP contribution in [-0.4, -0.2) is 11.2 Å². The van der Waals surface area contributed by atoms with Crippen molar-refractivity contribution in [2.24, 2.45) is 0 Å². The quantitative estimate of drug-likeness (QED) is 0.505. The molecule has 134 valence electrons. The van der Waals surface area contributed by atoms with E-state index in [9.17, 15) is 0 Å². The van der Waals surface area contributed by atoms with Crippen LogP contribution in [0.25, 0.3) is 0 Å². The first kappa shape index (κ1) is 19.2. The lowest BCUT2D eigenvalue weighted by atomic mass is 9.97. The van der Waals surface area contributed by atoms with Crippen LogP contribution in [0.1, 0.15) is 82.4 Å². The lowest BCUT2D eigenvalue weighted by Crippen LogP contribution is -2.37. The molecular formula is C21H34N2S. The molecule has 0 atom stereocenters. The Balaban J connectivity index is 2.10. The summed E-state index contributed by atoms with van der Waals surface area (Å²) in [5, 5.41) is 7.91. The topological polar surface area (TPSA) is 24.1 Å². The summed E-state index contributed by atoms with van der Waals surface area (Å²) in [4.78, 5) is 0. The maximum atomic E-state index is 5.64. The van der Waals surface area contributed by atoms with Crippen molar-refractivity contribution in [2.75, 3.05) is 5.32 Å². The molecule has 1 aromatic rings. The molecule has 1 aliphatic carbocycles. The van der Waals surface area contributed by atoms with E-state index in [1.54, 1.807) is 0 Å². The second-order valence-electron chi connectivity index (χ2n) is 7.03. The summed E-state index contributed by atoms with van der Waals surface area (Å²) in [7, 11) is 0. The molecule has 1 aliphatic rings. The Morgan fingerprint density at radius 1 is 1.00 bits per heavy atom. The van der Waals surface area contributed by atoms with E-state index in [0.29, 0.717) is 6.04 Å². The number of hydrogen-bond acceptors (Lipinski definition) is 1. The van der Waals surface area contributed by atoms with Crippen LogP contribution in [0.4, 0.5) is 5.69 Å². The van der Waals surface area contributed by atoms with E-state index in [-0.39, 0.29) is 0 Å². The smallest absolute Gasteiger partial charge is 0.171 e. The van der Waals surface area contributed by atoms with Gasteiger partial charge in [0.2, 0.25) is 0 Å². The first-order valence-electron chi connectivity index (χ1n) is 9.90. The van der Waals surface area contributed by atoms with Gasteiger partial charge < -0.3 is 10.6 Å². The first-order chi connectivity index (χ1) is 11.7. The van der Waals surface area contributed by atoms with E-state index in [1.165, 1.54) is 67.3 Å². The van der Waals surface area contributed by atoms with E-state index in [4.69, 9.17) is 12.2 Å². The fraction of sp³-hybridized carbons (Fsp3) is 0.667. The highest BCUT2D eigenvalue weighted by Crippen LogP contribution is 2.26. The number of benzene rings is 1. The third kappa shape index (κ3) is 5.47. The summed E-state index contributed by atoms with van der Waals surface area (Å²) in [5.41, 5.74) is 5.48. The molecule has 2 N–H and O–H groups in total. The summed E-state index contributed by atoms with van der Waals surface area (Å²) in [5.74, 6) is 0. The summed E-state index contributed by atoms with van der Waals surface area (Å²) in [6.07, 6.45) is 12.3. The predicted molar refractivity (Wildman–Crippen MR) is 110 cm³/mol. The van der Waals surface area contributed by atoms with E-state index in [0.717, 1.165) is 24.4 Å². The molecule has 0 radical (unpaired) electrons. The van der Waals surface area contributed by atoms with Crippen molar-refractivity contribution in [3.05, 3.63) is 28.8 Å². The Labute approximate surface area is 153 Å². The van der Waals surface area contributed by atoms with Crippen molar-refractivity contribution in [1.82, 2.24) is 5.32 Å². The number of hydrogen-bond donors (Lipinski definition) is 2. The molecule has 0 heterocycles. The Hall–Kier alpha value is -1.09. The van der Waals surface area contributed by atoms with Crippen LogP contribution in [0.2, 0.25) is 0 Å². The zero-order valence-corrected chi connectivity index (χ0v) is 16.5. The minimum absolute atomic E-state index is 0.544. The van der Waals surface area contributed by atoms with Crippen LogP contribution in [0, 0.1) is 0 Å². The van der Waals surface area contributed by atoms with Gasteiger partial charge in [-0.25, -0.2) is 0 Å². The molecular weight excluding hydrogens is 312 g/mol. The highest BCUT2D eigenvalue weighted by Gasteiger charge is 2.15. The Morgan fingerprint density at radius 3 is 2.08 bits per heavy atom. The van der Waals surface area contributed by atoms with Gasteiger partial charge in [-0.05, 0) is 61.0 Å². The standard InChI is InChI=1S/C21H34N2S/c1-4-11-16-14-17(5-2)20(18(6-3)15-16)23-21(24)22-19-12-9-7-8-10-13-19/h14-15,19H,4-13H2,1-3H3,(H2,22,23,24). The molecule has 1 aromatic carbocycles. The number of aryl methyl sites for hydroxylation is 3. The SMILES string of the molecule is CCCc1cc(CC)c(NC(=S)NC2CCCCCC2)c(CC)c1. The molecule has 1 saturated carbocycles. The van der Waals surface area contributed by atoms with Crippen molar-refractivity contribution < 1.29 is 0 Å². The summed E-state index contributed by atoms with van der Waals surface area (Å²) < 4.78 is 0. The minimum Gasteiger partial charge on any atom is -0.360 e. The van der Waals surface area contributed by atoms with Crippen molar-refractivity contribution in [3.63, 3.8) is 0 Å². The Morgan fingerprint density at radius 2 is 1.58 bits per heavy atom. The van der Waals surface area contributed by atoms with Crippen molar-refractivity contribution in [3.8, 4) is 0 Å². The van der Waals surface area contributed by atoms with E-state index < -0.39 is 0 Å². The van der Waals surface area contributed by atoms with Gasteiger partial charge in [0.05, 0.1) is 0 Å². The average Bonchev–Trinajstić information content (AvgIpc) is 2.84. The second-order valence-corrected chi connectivity index (χ2v) is 7.44. The fourth-order valence-corrected chi connectivity index (χ4v) is 4.02. The van der Waals surface area contributed by atoms with Gasteiger partial charge in [0.25, 0.3) is 0 Å². The number of nitrogens with one attached hydrogen (secondary N) is 2.